The van der Waals surface area contributed by atoms with Crippen molar-refractivity contribution in [1.82, 2.24) is 15.0 Å². The maximum absolute atomic E-state index is 14.6. The van der Waals surface area contributed by atoms with Crippen LogP contribution in [0.5, 0.6) is 5.75 Å². The van der Waals surface area contributed by atoms with E-state index in [4.69, 9.17) is 15.5 Å². The summed E-state index contributed by atoms with van der Waals surface area (Å²) in [5.41, 5.74) is 6.79. The summed E-state index contributed by atoms with van der Waals surface area (Å²) in [5.74, 6) is 2.02. The van der Waals surface area contributed by atoms with Gasteiger partial charge in [-0.2, -0.15) is 15.0 Å². The van der Waals surface area contributed by atoms with Crippen LogP contribution in [0.3, 0.4) is 0 Å². The normalized spacial score (nSPS) is 21.8. The lowest BCUT2D eigenvalue weighted by Crippen LogP contribution is -2.29. The van der Waals surface area contributed by atoms with Gasteiger partial charge in [0, 0.05) is 24.3 Å². The Bertz CT molecular complexity index is 902. The summed E-state index contributed by atoms with van der Waals surface area (Å²) in [6.45, 7) is 2.99. The first kappa shape index (κ1) is 22.6. The van der Waals surface area contributed by atoms with E-state index >= 15 is 0 Å². The molecule has 7 nitrogen and oxygen atoms in total. The van der Waals surface area contributed by atoms with E-state index in [2.05, 4.69) is 22.2 Å². The fourth-order valence-corrected chi connectivity index (χ4v) is 5.03. The number of hydrogen-bond donors (Lipinski definition) is 2. The predicted molar refractivity (Wildman–Crippen MR) is 126 cm³/mol. The van der Waals surface area contributed by atoms with Crippen molar-refractivity contribution >= 4 is 23.5 Å². The summed E-state index contributed by atoms with van der Waals surface area (Å²) >= 11 is 0. The van der Waals surface area contributed by atoms with Crippen molar-refractivity contribution in [2.24, 2.45) is 11.8 Å². The first-order chi connectivity index (χ1) is 15.5. The Hall–Kier alpha value is -2.64. The van der Waals surface area contributed by atoms with Gasteiger partial charge in [0.05, 0.1) is 7.11 Å². The van der Waals surface area contributed by atoms with Gasteiger partial charge in [0.1, 0.15) is 0 Å². The molecule has 0 bridgehead atoms. The van der Waals surface area contributed by atoms with Gasteiger partial charge < -0.3 is 20.7 Å². The minimum absolute atomic E-state index is 0.171. The number of nitrogens with two attached hydrogens (primary N) is 1. The molecule has 2 fully saturated rings. The number of halogens is 1. The zero-order valence-corrected chi connectivity index (χ0v) is 19.2. The number of benzene rings is 1. The molecule has 1 aromatic carbocycles. The third kappa shape index (κ3) is 5.40. The van der Waals surface area contributed by atoms with E-state index in [0.717, 1.165) is 19.3 Å². The first-order valence-electron chi connectivity index (χ1n) is 11.9. The molecule has 8 heteroatoms. The van der Waals surface area contributed by atoms with Crippen LogP contribution >= 0.6 is 0 Å². The standard InChI is InChI=1S/C24H35FN6O/c1-16-8-7-9-17(16)15-31(19-12-13-21(32-2)20(25)14-19)24-29-22(26)28-23(30-24)27-18-10-5-3-4-6-11-18/h12-14,16-18H,3-11,15H2,1-2H3,(H3,26,27,28,29,30). The van der Waals surface area contributed by atoms with Gasteiger partial charge in [-0.3, -0.25) is 0 Å². The SMILES string of the molecule is COc1ccc(N(CC2CCCC2C)c2nc(N)nc(NC3CCCCCC3)n2)cc1F. The van der Waals surface area contributed by atoms with Crippen molar-refractivity contribution in [1.29, 1.82) is 0 Å². The van der Waals surface area contributed by atoms with Crippen molar-refractivity contribution in [3.05, 3.63) is 24.0 Å². The van der Waals surface area contributed by atoms with Crippen LogP contribution in [0.2, 0.25) is 0 Å². The minimum atomic E-state index is -0.409. The maximum Gasteiger partial charge on any atom is 0.236 e. The lowest BCUT2D eigenvalue weighted by molar-refractivity contribution is 0.386. The fraction of sp³-hybridized carbons (Fsp3) is 0.625. The number of rotatable bonds is 7. The molecule has 0 amide bonds. The molecule has 2 unspecified atom stereocenters. The van der Waals surface area contributed by atoms with Gasteiger partial charge in [-0.1, -0.05) is 45.4 Å². The molecule has 174 valence electrons. The average Bonchev–Trinajstić information content (AvgIpc) is 3.00. The molecule has 32 heavy (non-hydrogen) atoms. The zero-order valence-electron chi connectivity index (χ0n) is 19.2. The van der Waals surface area contributed by atoms with Crippen LogP contribution in [0.25, 0.3) is 0 Å². The molecule has 3 N–H and O–H groups in total. The quantitative estimate of drug-likeness (QED) is 0.562. The Kier molecular flexibility index (Phi) is 7.27. The summed E-state index contributed by atoms with van der Waals surface area (Å²) in [4.78, 5) is 15.5. The molecule has 1 heterocycles. The highest BCUT2D eigenvalue weighted by Crippen LogP contribution is 2.36. The Morgan fingerprint density at radius 3 is 2.50 bits per heavy atom. The second-order valence-electron chi connectivity index (χ2n) is 9.25. The Morgan fingerprint density at radius 1 is 1.06 bits per heavy atom. The summed E-state index contributed by atoms with van der Waals surface area (Å²) in [7, 11) is 1.47. The minimum Gasteiger partial charge on any atom is -0.494 e. The first-order valence-corrected chi connectivity index (χ1v) is 11.9. The van der Waals surface area contributed by atoms with Gasteiger partial charge >= 0.3 is 0 Å². The third-order valence-corrected chi connectivity index (χ3v) is 6.97. The molecule has 2 atom stereocenters. The molecule has 0 aliphatic heterocycles. The lowest BCUT2D eigenvalue weighted by Gasteiger charge is -2.28. The van der Waals surface area contributed by atoms with Gasteiger partial charge in [0.2, 0.25) is 17.8 Å². The van der Waals surface area contributed by atoms with E-state index in [0.29, 0.717) is 42.0 Å². The number of hydrogen-bond acceptors (Lipinski definition) is 7. The number of ether oxygens (including phenoxy) is 1. The van der Waals surface area contributed by atoms with Crippen LogP contribution in [-0.4, -0.2) is 34.6 Å². The van der Waals surface area contributed by atoms with Crippen molar-refractivity contribution in [2.45, 2.75) is 70.8 Å². The number of nitrogen functional groups attached to an aromatic ring is 1. The van der Waals surface area contributed by atoms with Gasteiger partial charge in [0.15, 0.2) is 11.6 Å². The van der Waals surface area contributed by atoms with Crippen LogP contribution in [0.1, 0.15) is 64.7 Å². The van der Waals surface area contributed by atoms with Crippen molar-refractivity contribution in [3.63, 3.8) is 0 Å². The predicted octanol–water partition coefficient (Wildman–Crippen LogP) is 5.31. The number of nitrogens with zero attached hydrogens (tertiary/aromatic N) is 4. The van der Waals surface area contributed by atoms with Gasteiger partial charge in [0.25, 0.3) is 0 Å². The molecule has 2 aromatic rings. The number of aromatic nitrogens is 3. The van der Waals surface area contributed by atoms with Crippen LogP contribution in [0.4, 0.5) is 27.9 Å². The monoisotopic (exact) mass is 442 g/mol. The van der Waals surface area contributed by atoms with Crippen molar-refractivity contribution in [3.8, 4) is 5.75 Å². The van der Waals surface area contributed by atoms with Crippen LogP contribution in [0.15, 0.2) is 18.2 Å². The van der Waals surface area contributed by atoms with Crippen LogP contribution in [-0.2, 0) is 0 Å². The van der Waals surface area contributed by atoms with Crippen LogP contribution in [0, 0.1) is 17.7 Å². The van der Waals surface area contributed by atoms with Gasteiger partial charge in [-0.05, 0) is 43.2 Å². The highest BCUT2D eigenvalue weighted by Gasteiger charge is 2.28. The second kappa shape index (κ2) is 10.3. The van der Waals surface area contributed by atoms with Crippen molar-refractivity contribution in [2.75, 3.05) is 29.6 Å². The third-order valence-electron chi connectivity index (χ3n) is 6.97. The fourth-order valence-electron chi connectivity index (χ4n) is 5.03. The van der Waals surface area contributed by atoms with Crippen molar-refractivity contribution < 1.29 is 9.13 Å². The zero-order chi connectivity index (χ0) is 22.5. The Balaban J connectivity index is 1.65. The van der Waals surface area contributed by atoms with Crippen LogP contribution < -0.4 is 20.7 Å². The molecule has 0 saturated heterocycles. The van der Waals surface area contributed by atoms with E-state index < -0.39 is 5.82 Å². The number of anilines is 4. The Labute approximate surface area is 190 Å². The molecule has 1 aromatic heterocycles. The Morgan fingerprint density at radius 2 is 1.84 bits per heavy atom. The summed E-state index contributed by atoms with van der Waals surface area (Å²) < 4.78 is 19.7. The maximum atomic E-state index is 14.6. The largest absolute Gasteiger partial charge is 0.494 e. The van der Waals surface area contributed by atoms with E-state index in [9.17, 15) is 4.39 Å². The molecule has 2 aliphatic carbocycles. The van der Waals surface area contributed by atoms with E-state index in [1.54, 1.807) is 6.07 Å². The summed E-state index contributed by atoms with van der Waals surface area (Å²) in [6, 6.07) is 5.32. The molecule has 0 radical (unpaired) electrons. The number of nitrogens with one attached hydrogen (secondary N) is 1. The van der Waals surface area contributed by atoms with E-state index in [1.807, 2.05) is 11.0 Å². The summed E-state index contributed by atoms with van der Waals surface area (Å²) in [6.07, 6.45) is 10.8. The molecule has 2 aliphatic rings. The highest BCUT2D eigenvalue weighted by molar-refractivity contribution is 5.60. The number of methoxy groups -OCH3 is 1. The van der Waals surface area contributed by atoms with E-state index in [1.165, 1.54) is 51.7 Å². The van der Waals surface area contributed by atoms with Gasteiger partial charge in [-0.25, -0.2) is 4.39 Å². The van der Waals surface area contributed by atoms with E-state index in [-0.39, 0.29) is 11.7 Å². The summed E-state index contributed by atoms with van der Waals surface area (Å²) in [5, 5.41) is 3.48. The highest BCUT2D eigenvalue weighted by atomic mass is 19.1. The van der Waals surface area contributed by atoms with Gasteiger partial charge in [-0.15, -0.1) is 0 Å². The average molecular weight is 443 g/mol. The molecule has 2 saturated carbocycles. The lowest BCUT2D eigenvalue weighted by atomic mass is 9.97. The molecule has 0 spiro atoms. The topological polar surface area (TPSA) is 89.2 Å². The second-order valence-corrected chi connectivity index (χ2v) is 9.25. The molecular formula is C24H35FN6O. The molecule has 4 rings (SSSR count). The smallest absolute Gasteiger partial charge is 0.236 e. The molecular weight excluding hydrogens is 407 g/mol.